The molecule has 0 aromatic heterocycles. The molecule has 23 heavy (non-hydrogen) atoms. The van der Waals surface area contributed by atoms with Gasteiger partial charge in [0.2, 0.25) is 5.79 Å². The topological polar surface area (TPSA) is 35.5 Å². The molecule has 2 aliphatic heterocycles. The lowest BCUT2D eigenvalue weighted by Gasteiger charge is -2.47. The van der Waals surface area contributed by atoms with Gasteiger partial charge in [-0.05, 0) is 37.2 Å². The van der Waals surface area contributed by atoms with Crippen LogP contribution in [0.5, 0.6) is 0 Å². The summed E-state index contributed by atoms with van der Waals surface area (Å²) in [7, 11) is 0. The molecule has 0 radical (unpaired) electrons. The fourth-order valence-electron chi connectivity index (χ4n) is 4.46. The largest absolute Gasteiger partial charge is 0.425 e. The first kappa shape index (κ1) is 14.9. The summed E-state index contributed by atoms with van der Waals surface area (Å²) in [5, 5.41) is 0. The Balaban J connectivity index is 1.66. The molecule has 1 spiro atoms. The zero-order chi connectivity index (χ0) is 15.9. The Bertz CT molecular complexity index is 640. The molecule has 1 unspecified atom stereocenters. The minimum atomic E-state index is -0.856. The quantitative estimate of drug-likeness (QED) is 0.769. The third kappa shape index (κ3) is 2.51. The van der Waals surface area contributed by atoms with Crippen molar-refractivity contribution >= 4 is 5.97 Å². The summed E-state index contributed by atoms with van der Waals surface area (Å²) in [5.41, 5.74) is 3.24. The molecule has 1 aromatic rings. The van der Waals surface area contributed by atoms with Crippen LogP contribution >= 0.6 is 0 Å². The molecule has 3 aliphatic rings. The Morgan fingerprint density at radius 1 is 1.09 bits per heavy atom. The first-order valence-corrected chi connectivity index (χ1v) is 8.74. The standard InChI is InChI=1S/C20H24O3/c1-15-17-13-19(10-6-3-7-11-19)14-22-20(17,23-18(15)21)12-16-8-4-2-5-9-16/h2,4-5,8-9H,3,6-7,10-14H2,1H3. The van der Waals surface area contributed by atoms with E-state index in [1.54, 1.807) is 0 Å². The average molecular weight is 312 g/mol. The van der Waals surface area contributed by atoms with Crippen molar-refractivity contribution < 1.29 is 14.3 Å². The highest BCUT2D eigenvalue weighted by Crippen LogP contribution is 2.52. The van der Waals surface area contributed by atoms with Crippen LogP contribution in [0.25, 0.3) is 0 Å². The normalized spacial score (nSPS) is 29.5. The van der Waals surface area contributed by atoms with Gasteiger partial charge in [0.1, 0.15) is 0 Å². The van der Waals surface area contributed by atoms with E-state index in [4.69, 9.17) is 9.47 Å². The summed E-state index contributed by atoms with van der Waals surface area (Å²) in [6.45, 7) is 2.61. The predicted molar refractivity (Wildman–Crippen MR) is 87.8 cm³/mol. The first-order chi connectivity index (χ1) is 11.1. The number of hydrogen-bond donors (Lipinski definition) is 0. The van der Waals surface area contributed by atoms with E-state index in [2.05, 4.69) is 12.1 Å². The summed E-state index contributed by atoms with van der Waals surface area (Å²) < 4.78 is 12.1. The van der Waals surface area contributed by atoms with Gasteiger partial charge in [0.05, 0.1) is 6.61 Å². The Kier molecular flexibility index (Phi) is 3.56. The monoisotopic (exact) mass is 312 g/mol. The first-order valence-electron chi connectivity index (χ1n) is 8.74. The van der Waals surface area contributed by atoms with Crippen LogP contribution in [-0.2, 0) is 20.7 Å². The molecule has 1 aliphatic carbocycles. The fourth-order valence-corrected chi connectivity index (χ4v) is 4.46. The highest BCUT2D eigenvalue weighted by atomic mass is 16.7. The van der Waals surface area contributed by atoms with E-state index in [0.29, 0.717) is 13.0 Å². The molecular formula is C20H24O3. The number of fused-ring (bicyclic) bond motifs is 1. The van der Waals surface area contributed by atoms with Crippen molar-refractivity contribution in [3.63, 3.8) is 0 Å². The Morgan fingerprint density at radius 3 is 2.57 bits per heavy atom. The van der Waals surface area contributed by atoms with Crippen molar-refractivity contribution in [3.05, 3.63) is 47.0 Å². The number of esters is 1. The van der Waals surface area contributed by atoms with E-state index < -0.39 is 5.79 Å². The predicted octanol–water partition coefficient (Wildman–Crippen LogP) is 4.17. The number of rotatable bonds is 2. The lowest BCUT2D eigenvalue weighted by molar-refractivity contribution is -0.230. The molecule has 2 heterocycles. The van der Waals surface area contributed by atoms with Crippen LogP contribution in [0.15, 0.2) is 41.5 Å². The average Bonchev–Trinajstić information content (AvgIpc) is 2.81. The van der Waals surface area contributed by atoms with Gasteiger partial charge in [-0.1, -0.05) is 49.6 Å². The molecule has 3 nitrogen and oxygen atoms in total. The van der Waals surface area contributed by atoms with Gasteiger partial charge < -0.3 is 9.47 Å². The van der Waals surface area contributed by atoms with Crippen LogP contribution < -0.4 is 0 Å². The fraction of sp³-hybridized carbons (Fsp3) is 0.550. The SMILES string of the molecule is CC1=C2CC3(CCCCC3)COC2(Cc2ccccc2)OC1=O. The molecule has 122 valence electrons. The molecule has 1 aromatic carbocycles. The Morgan fingerprint density at radius 2 is 1.83 bits per heavy atom. The van der Waals surface area contributed by atoms with E-state index in [-0.39, 0.29) is 11.4 Å². The maximum absolute atomic E-state index is 12.2. The summed E-state index contributed by atoms with van der Waals surface area (Å²) in [4.78, 5) is 12.2. The number of carbonyl (C=O) groups is 1. The number of hydrogen-bond acceptors (Lipinski definition) is 3. The van der Waals surface area contributed by atoms with Crippen LogP contribution in [0.1, 0.15) is 51.0 Å². The van der Waals surface area contributed by atoms with Crippen LogP contribution in [0.4, 0.5) is 0 Å². The molecule has 1 saturated carbocycles. The third-order valence-corrected chi connectivity index (χ3v) is 5.83. The number of carbonyl (C=O) groups excluding carboxylic acids is 1. The van der Waals surface area contributed by atoms with Crippen molar-refractivity contribution in [1.82, 2.24) is 0 Å². The van der Waals surface area contributed by atoms with Gasteiger partial charge in [0.15, 0.2) is 0 Å². The minimum absolute atomic E-state index is 0.205. The van der Waals surface area contributed by atoms with Gasteiger partial charge in [-0.25, -0.2) is 4.79 Å². The van der Waals surface area contributed by atoms with Gasteiger partial charge in [-0.15, -0.1) is 0 Å². The summed E-state index contributed by atoms with van der Waals surface area (Å²) in [6, 6.07) is 10.2. The van der Waals surface area contributed by atoms with Gasteiger partial charge in [-0.3, -0.25) is 0 Å². The maximum atomic E-state index is 12.2. The molecule has 0 N–H and O–H groups in total. The van der Waals surface area contributed by atoms with Crippen molar-refractivity contribution in [2.24, 2.45) is 5.41 Å². The highest BCUT2D eigenvalue weighted by molar-refractivity contribution is 5.92. The van der Waals surface area contributed by atoms with Crippen molar-refractivity contribution in [1.29, 1.82) is 0 Å². The van der Waals surface area contributed by atoms with E-state index in [9.17, 15) is 4.79 Å². The van der Waals surface area contributed by atoms with Crippen LogP contribution in [0, 0.1) is 5.41 Å². The van der Waals surface area contributed by atoms with Crippen LogP contribution in [0.2, 0.25) is 0 Å². The number of benzene rings is 1. The van der Waals surface area contributed by atoms with Gasteiger partial charge in [0.25, 0.3) is 0 Å². The Labute approximate surface area is 137 Å². The molecular weight excluding hydrogens is 288 g/mol. The summed E-state index contributed by atoms with van der Waals surface area (Å²) >= 11 is 0. The molecule has 1 atom stereocenters. The summed E-state index contributed by atoms with van der Waals surface area (Å²) in [6.07, 6.45) is 7.86. The van der Waals surface area contributed by atoms with E-state index in [1.807, 2.05) is 25.1 Å². The second-order valence-corrected chi connectivity index (χ2v) is 7.43. The Hall–Kier alpha value is -1.61. The number of ether oxygens (including phenoxy) is 2. The van der Waals surface area contributed by atoms with Gasteiger partial charge >= 0.3 is 5.97 Å². The lowest BCUT2D eigenvalue weighted by atomic mass is 9.67. The van der Waals surface area contributed by atoms with Gasteiger partial charge in [-0.2, -0.15) is 0 Å². The highest BCUT2D eigenvalue weighted by Gasteiger charge is 2.54. The zero-order valence-corrected chi connectivity index (χ0v) is 13.8. The second kappa shape index (κ2) is 5.48. The lowest BCUT2D eigenvalue weighted by Crippen LogP contribution is -2.48. The van der Waals surface area contributed by atoms with Crippen molar-refractivity contribution in [3.8, 4) is 0 Å². The maximum Gasteiger partial charge on any atom is 0.336 e. The smallest absolute Gasteiger partial charge is 0.336 e. The molecule has 0 amide bonds. The van der Waals surface area contributed by atoms with Crippen LogP contribution in [0.3, 0.4) is 0 Å². The van der Waals surface area contributed by atoms with E-state index in [1.165, 1.54) is 32.1 Å². The van der Waals surface area contributed by atoms with Crippen molar-refractivity contribution in [2.75, 3.05) is 6.61 Å². The molecule has 4 rings (SSSR count). The zero-order valence-electron chi connectivity index (χ0n) is 13.8. The second-order valence-electron chi connectivity index (χ2n) is 7.43. The molecule has 0 bridgehead atoms. The van der Waals surface area contributed by atoms with E-state index in [0.717, 1.165) is 23.1 Å². The molecule has 3 heteroatoms. The van der Waals surface area contributed by atoms with Crippen molar-refractivity contribution in [2.45, 2.75) is 57.7 Å². The van der Waals surface area contributed by atoms with Crippen LogP contribution in [-0.4, -0.2) is 18.4 Å². The van der Waals surface area contributed by atoms with Gasteiger partial charge in [0, 0.05) is 17.6 Å². The van der Waals surface area contributed by atoms with E-state index >= 15 is 0 Å². The third-order valence-electron chi connectivity index (χ3n) is 5.83. The summed E-state index contributed by atoms with van der Waals surface area (Å²) in [5.74, 6) is -1.06. The minimum Gasteiger partial charge on any atom is -0.425 e. The molecule has 2 fully saturated rings. The molecule has 1 saturated heterocycles.